The van der Waals surface area contributed by atoms with Crippen LogP contribution in [0.15, 0.2) is 59.8 Å². The molecule has 2 atom stereocenters. The molecule has 1 aliphatic heterocycles. The maximum atomic E-state index is 12.8. The second-order valence-electron chi connectivity index (χ2n) is 7.68. The number of hydrogen-bond acceptors (Lipinski definition) is 4. The molecule has 1 saturated carbocycles. The second kappa shape index (κ2) is 8.47. The quantitative estimate of drug-likeness (QED) is 0.761. The lowest BCUT2D eigenvalue weighted by Gasteiger charge is -2.20. The van der Waals surface area contributed by atoms with Crippen LogP contribution < -0.4 is 10.6 Å². The molecule has 1 aliphatic carbocycles. The van der Waals surface area contributed by atoms with Gasteiger partial charge in [-0.05, 0) is 30.9 Å². The smallest absolute Gasteiger partial charge is 0.265 e. The topological polar surface area (TPSA) is 79.8 Å². The normalized spacial score (nSPS) is 19.1. The second-order valence-corrected chi connectivity index (χ2v) is 7.68. The SMILES string of the molecule is Cc1ccccc1C1=NO[C@@H](C(=O)N[C@H](Cc2ccccc2)C(=O)NC2CC2)C1. The molecule has 0 aromatic heterocycles. The largest absolute Gasteiger partial charge is 0.382 e. The first-order valence-corrected chi connectivity index (χ1v) is 10.0. The summed E-state index contributed by atoms with van der Waals surface area (Å²) >= 11 is 0. The van der Waals surface area contributed by atoms with E-state index in [1.54, 1.807) is 0 Å². The maximum absolute atomic E-state index is 12.8. The molecule has 1 fully saturated rings. The zero-order valence-electron chi connectivity index (χ0n) is 16.4. The molecule has 2 aliphatic rings. The van der Waals surface area contributed by atoms with Gasteiger partial charge in [-0.3, -0.25) is 9.59 Å². The van der Waals surface area contributed by atoms with E-state index in [-0.39, 0.29) is 17.9 Å². The molecule has 2 N–H and O–H groups in total. The van der Waals surface area contributed by atoms with E-state index in [9.17, 15) is 9.59 Å². The minimum atomic E-state index is -0.725. The number of rotatable bonds is 7. The van der Waals surface area contributed by atoms with Gasteiger partial charge in [-0.2, -0.15) is 0 Å². The maximum Gasteiger partial charge on any atom is 0.265 e. The first-order valence-electron chi connectivity index (χ1n) is 10.0. The zero-order chi connectivity index (χ0) is 20.2. The summed E-state index contributed by atoms with van der Waals surface area (Å²) in [6.07, 6.45) is 2.09. The molecular formula is C23H25N3O3. The number of benzene rings is 2. The van der Waals surface area contributed by atoms with Crippen molar-refractivity contribution in [2.24, 2.45) is 5.16 Å². The third kappa shape index (κ3) is 4.83. The van der Waals surface area contributed by atoms with Crippen LogP contribution in [0.1, 0.15) is 36.0 Å². The van der Waals surface area contributed by atoms with Crippen molar-refractivity contribution in [2.75, 3.05) is 0 Å². The average Bonchev–Trinajstić information content (AvgIpc) is 3.40. The van der Waals surface area contributed by atoms with Gasteiger partial charge in [0.2, 0.25) is 12.0 Å². The lowest BCUT2D eigenvalue weighted by molar-refractivity contribution is -0.135. The number of oxime groups is 1. The Balaban J connectivity index is 1.41. The summed E-state index contributed by atoms with van der Waals surface area (Å²) in [6.45, 7) is 2.00. The molecule has 6 nitrogen and oxygen atoms in total. The molecule has 0 unspecified atom stereocenters. The van der Waals surface area contributed by atoms with E-state index in [1.165, 1.54) is 0 Å². The molecular weight excluding hydrogens is 366 g/mol. The monoisotopic (exact) mass is 391 g/mol. The van der Waals surface area contributed by atoms with Crippen LogP contribution in [0.4, 0.5) is 0 Å². The van der Waals surface area contributed by atoms with Gasteiger partial charge >= 0.3 is 0 Å². The highest BCUT2D eigenvalue weighted by atomic mass is 16.6. The lowest BCUT2D eigenvalue weighted by atomic mass is 9.99. The fourth-order valence-corrected chi connectivity index (χ4v) is 3.43. The summed E-state index contributed by atoms with van der Waals surface area (Å²) in [5.41, 5.74) is 3.81. The van der Waals surface area contributed by atoms with Gasteiger partial charge in [0.15, 0.2) is 0 Å². The summed E-state index contributed by atoms with van der Waals surface area (Å²) in [5.74, 6) is -0.466. The molecule has 2 aromatic carbocycles. The van der Waals surface area contributed by atoms with Crippen LogP contribution >= 0.6 is 0 Å². The number of amides is 2. The van der Waals surface area contributed by atoms with Crippen LogP contribution in [-0.2, 0) is 20.8 Å². The Morgan fingerprint density at radius 1 is 1.10 bits per heavy atom. The lowest BCUT2D eigenvalue weighted by Crippen LogP contribution is -2.51. The highest BCUT2D eigenvalue weighted by Crippen LogP contribution is 2.21. The number of aryl methyl sites for hydroxylation is 1. The third-order valence-corrected chi connectivity index (χ3v) is 5.26. The Hall–Kier alpha value is -3.15. The molecule has 29 heavy (non-hydrogen) atoms. The van der Waals surface area contributed by atoms with Crippen molar-refractivity contribution >= 4 is 17.5 Å². The van der Waals surface area contributed by atoms with Gasteiger partial charge in [-0.15, -0.1) is 0 Å². The molecule has 0 radical (unpaired) electrons. The van der Waals surface area contributed by atoms with E-state index in [1.807, 2.05) is 61.5 Å². The van der Waals surface area contributed by atoms with E-state index in [0.29, 0.717) is 12.8 Å². The van der Waals surface area contributed by atoms with Crippen molar-refractivity contribution in [3.8, 4) is 0 Å². The number of carbonyl (C=O) groups excluding carboxylic acids is 2. The van der Waals surface area contributed by atoms with Crippen LogP contribution in [0.5, 0.6) is 0 Å². The Labute approximate surface area is 170 Å². The minimum absolute atomic E-state index is 0.150. The van der Waals surface area contributed by atoms with E-state index < -0.39 is 12.1 Å². The fourth-order valence-electron chi connectivity index (χ4n) is 3.43. The van der Waals surface area contributed by atoms with Crippen LogP contribution in [0.2, 0.25) is 0 Å². The van der Waals surface area contributed by atoms with Crippen molar-refractivity contribution in [1.82, 2.24) is 10.6 Å². The van der Waals surface area contributed by atoms with Gasteiger partial charge < -0.3 is 15.5 Å². The van der Waals surface area contributed by atoms with Crippen LogP contribution in [-0.4, -0.2) is 35.7 Å². The average molecular weight is 391 g/mol. The Morgan fingerprint density at radius 2 is 1.83 bits per heavy atom. The molecule has 2 aromatic rings. The molecule has 0 spiro atoms. The minimum Gasteiger partial charge on any atom is -0.382 e. The van der Waals surface area contributed by atoms with Gasteiger partial charge in [0.05, 0.1) is 5.71 Å². The summed E-state index contributed by atoms with van der Waals surface area (Å²) in [6, 6.07) is 17.2. The zero-order valence-corrected chi connectivity index (χ0v) is 16.4. The molecule has 2 amide bonds. The van der Waals surface area contributed by atoms with Crippen molar-refractivity contribution in [2.45, 2.75) is 50.8 Å². The Bertz CT molecular complexity index is 922. The predicted molar refractivity (Wildman–Crippen MR) is 110 cm³/mol. The van der Waals surface area contributed by atoms with Crippen molar-refractivity contribution in [1.29, 1.82) is 0 Å². The summed E-state index contributed by atoms with van der Waals surface area (Å²) in [7, 11) is 0. The van der Waals surface area contributed by atoms with Gasteiger partial charge in [-0.25, -0.2) is 0 Å². The van der Waals surface area contributed by atoms with E-state index in [0.717, 1.165) is 35.2 Å². The summed E-state index contributed by atoms with van der Waals surface area (Å²) < 4.78 is 0. The molecule has 6 heteroatoms. The number of nitrogens with zero attached hydrogens (tertiary/aromatic N) is 1. The number of nitrogens with one attached hydrogen (secondary N) is 2. The third-order valence-electron chi connectivity index (χ3n) is 5.26. The van der Waals surface area contributed by atoms with E-state index in [4.69, 9.17) is 4.84 Å². The molecule has 0 saturated heterocycles. The number of carbonyl (C=O) groups is 2. The van der Waals surface area contributed by atoms with Crippen LogP contribution in [0.3, 0.4) is 0 Å². The van der Waals surface area contributed by atoms with Crippen molar-refractivity contribution in [3.63, 3.8) is 0 Å². The number of hydrogen-bond donors (Lipinski definition) is 2. The molecule has 1 heterocycles. The highest BCUT2D eigenvalue weighted by Gasteiger charge is 2.34. The highest BCUT2D eigenvalue weighted by molar-refractivity contribution is 6.05. The standard InChI is InChI=1S/C23H25N3O3/c1-15-7-5-6-10-18(15)19-14-21(29-26-19)23(28)25-20(22(27)24-17-11-12-17)13-16-8-3-2-4-9-16/h2-10,17,20-21H,11-14H2,1H3,(H,24,27)(H,25,28)/t20-,21-/m1/s1. The van der Waals surface area contributed by atoms with E-state index in [2.05, 4.69) is 15.8 Å². The Kier molecular flexibility index (Phi) is 5.60. The van der Waals surface area contributed by atoms with E-state index >= 15 is 0 Å². The van der Waals surface area contributed by atoms with Gasteiger partial charge in [-0.1, -0.05) is 59.8 Å². The van der Waals surface area contributed by atoms with Crippen LogP contribution in [0.25, 0.3) is 0 Å². The van der Waals surface area contributed by atoms with Gasteiger partial charge in [0.25, 0.3) is 5.91 Å². The Morgan fingerprint density at radius 3 is 2.55 bits per heavy atom. The molecule has 4 rings (SSSR count). The van der Waals surface area contributed by atoms with Gasteiger partial charge in [0, 0.05) is 24.4 Å². The fraction of sp³-hybridized carbons (Fsp3) is 0.348. The van der Waals surface area contributed by atoms with Gasteiger partial charge in [0.1, 0.15) is 6.04 Å². The molecule has 0 bridgehead atoms. The van der Waals surface area contributed by atoms with Crippen molar-refractivity contribution in [3.05, 3.63) is 71.3 Å². The first kappa shape index (κ1) is 19.2. The molecule has 150 valence electrons. The summed E-state index contributed by atoms with van der Waals surface area (Å²) in [4.78, 5) is 30.9. The summed E-state index contributed by atoms with van der Waals surface area (Å²) in [5, 5.41) is 9.99. The predicted octanol–water partition coefficient (Wildman–Crippen LogP) is 2.49. The van der Waals surface area contributed by atoms with Crippen LogP contribution in [0, 0.1) is 6.92 Å². The van der Waals surface area contributed by atoms with Crippen molar-refractivity contribution < 1.29 is 14.4 Å². The first-order chi connectivity index (χ1) is 14.1.